The highest BCUT2D eigenvalue weighted by molar-refractivity contribution is 6.09. The van der Waals surface area contributed by atoms with E-state index < -0.39 is 5.92 Å². The van der Waals surface area contributed by atoms with Gasteiger partial charge in [-0.25, -0.2) is 0 Å². The zero-order valence-electron chi connectivity index (χ0n) is 14.7. The number of rotatable bonds is 7. The third kappa shape index (κ3) is 4.95. The molecule has 1 aromatic carbocycles. The van der Waals surface area contributed by atoms with Crippen molar-refractivity contribution in [3.63, 3.8) is 0 Å². The fraction of sp³-hybridized carbons (Fsp3) is 0.556. The molecule has 0 bridgehead atoms. The van der Waals surface area contributed by atoms with Gasteiger partial charge < -0.3 is 15.5 Å². The first-order valence-electron chi connectivity index (χ1n) is 8.44. The molecule has 2 rings (SSSR count). The number of hydrogen-bond donors (Lipinski definition) is 2. The van der Waals surface area contributed by atoms with Crippen molar-refractivity contribution in [2.45, 2.75) is 33.1 Å². The normalized spacial score (nSPS) is 17.1. The van der Waals surface area contributed by atoms with E-state index in [1.54, 1.807) is 4.90 Å². The molecule has 134 valence electrons. The van der Waals surface area contributed by atoms with Gasteiger partial charge in [0.05, 0.1) is 0 Å². The minimum Gasteiger partial charge on any atom is -0.354 e. The highest BCUT2D eigenvalue weighted by Crippen LogP contribution is 2.27. The van der Waals surface area contributed by atoms with Crippen molar-refractivity contribution < 1.29 is 9.59 Å². The van der Waals surface area contributed by atoms with Crippen molar-refractivity contribution in [1.82, 2.24) is 10.6 Å². The van der Waals surface area contributed by atoms with E-state index in [0.717, 1.165) is 18.8 Å². The Morgan fingerprint density at radius 3 is 2.50 bits per heavy atom. The first kappa shape index (κ1) is 20.5. The summed E-state index contributed by atoms with van der Waals surface area (Å²) in [5, 5.41) is 5.98. The SMILES string of the molecule is CCNCCNC(=O)C1CCN(c2ccc(C(C)C)cc2)C1=O.Cl. The summed E-state index contributed by atoms with van der Waals surface area (Å²) in [7, 11) is 0. The van der Waals surface area contributed by atoms with Gasteiger partial charge in [-0.2, -0.15) is 0 Å². The first-order valence-corrected chi connectivity index (χ1v) is 8.44. The van der Waals surface area contributed by atoms with E-state index in [2.05, 4.69) is 36.6 Å². The van der Waals surface area contributed by atoms with Crippen molar-refractivity contribution in [3.05, 3.63) is 29.8 Å². The number of nitrogens with one attached hydrogen (secondary N) is 2. The van der Waals surface area contributed by atoms with Crippen LogP contribution in [0.3, 0.4) is 0 Å². The van der Waals surface area contributed by atoms with Crippen molar-refractivity contribution in [3.8, 4) is 0 Å². The molecule has 1 heterocycles. The summed E-state index contributed by atoms with van der Waals surface area (Å²) in [5.74, 6) is -0.340. The highest BCUT2D eigenvalue weighted by Gasteiger charge is 2.37. The maximum Gasteiger partial charge on any atom is 0.239 e. The number of amides is 2. The van der Waals surface area contributed by atoms with Crippen molar-refractivity contribution in [1.29, 1.82) is 0 Å². The smallest absolute Gasteiger partial charge is 0.239 e. The molecule has 1 aromatic rings. The van der Waals surface area contributed by atoms with Crippen LogP contribution in [-0.4, -0.2) is 38.0 Å². The van der Waals surface area contributed by atoms with E-state index in [-0.39, 0.29) is 24.2 Å². The Morgan fingerprint density at radius 1 is 1.25 bits per heavy atom. The van der Waals surface area contributed by atoms with Crippen LogP contribution >= 0.6 is 12.4 Å². The van der Waals surface area contributed by atoms with Gasteiger partial charge in [-0.15, -0.1) is 12.4 Å². The fourth-order valence-electron chi connectivity index (χ4n) is 2.79. The molecule has 1 atom stereocenters. The highest BCUT2D eigenvalue weighted by atomic mass is 35.5. The topological polar surface area (TPSA) is 61.4 Å². The van der Waals surface area contributed by atoms with Crippen LogP contribution in [0.15, 0.2) is 24.3 Å². The monoisotopic (exact) mass is 353 g/mol. The lowest BCUT2D eigenvalue weighted by Crippen LogP contribution is -2.39. The summed E-state index contributed by atoms with van der Waals surface area (Å²) in [4.78, 5) is 26.4. The average molecular weight is 354 g/mol. The number of anilines is 1. The molecule has 1 saturated heterocycles. The predicted octanol–water partition coefficient (Wildman–Crippen LogP) is 2.31. The molecule has 2 N–H and O–H groups in total. The Labute approximate surface area is 150 Å². The maximum atomic E-state index is 12.5. The summed E-state index contributed by atoms with van der Waals surface area (Å²) in [6.45, 7) is 9.06. The average Bonchev–Trinajstić information content (AvgIpc) is 2.93. The molecule has 1 unspecified atom stereocenters. The summed E-state index contributed by atoms with van der Waals surface area (Å²) < 4.78 is 0. The lowest BCUT2D eigenvalue weighted by molar-refractivity contribution is -0.132. The standard InChI is InChI=1S/C18H27N3O2.ClH/c1-4-19-10-11-20-17(22)16-9-12-21(18(16)23)15-7-5-14(6-8-15)13(2)3;/h5-8,13,16,19H,4,9-12H2,1-3H3,(H,20,22);1H. The Hall–Kier alpha value is -1.59. The number of halogens is 1. The second-order valence-electron chi connectivity index (χ2n) is 6.22. The van der Waals surface area contributed by atoms with Crippen LogP contribution in [0.4, 0.5) is 5.69 Å². The molecule has 0 spiro atoms. The zero-order valence-corrected chi connectivity index (χ0v) is 15.5. The van der Waals surface area contributed by atoms with Crippen molar-refractivity contribution >= 4 is 29.9 Å². The third-order valence-electron chi connectivity index (χ3n) is 4.24. The molecule has 24 heavy (non-hydrogen) atoms. The Kier molecular flexibility index (Phi) is 8.22. The minimum atomic E-state index is -0.554. The molecule has 1 fully saturated rings. The van der Waals surface area contributed by atoms with E-state index in [9.17, 15) is 9.59 Å². The Morgan fingerprint density at radius 2 is 1.92 bits per heavy atom. The molecule has 0 saturated carbocycles. The number of likely N-dealkylation sites (N-methyl/N-ethyl adjacent to an activating group) is 1. The number of benzene rings is 1. The molecule has 1 aliphatic rings. The number of nitrogens with zero attached hydrogens (tertiary/aromatic N) is 1. The number of hydrogen-bond acceptors (Lipinski definition) is 3. The number of carbonyl (C=O) groups excluding carboxylic acids is 2. The van der Waals surface area contributed by atoms with Crippen LogP contribution in [0.1, 0.15) is 38.7 Å². The van der Waals surface area contributed by atoms with E-state index >= 15 is 0 Å². The van der Waals surface area contributed by atoms with E-state index in [0.29, 0.717) is 25.4 Å². The molecule has 0 aromatic heterocycles. The maximum absolute atomic E-state index is 12.5. The van der Waals surface area contributed by atoms with Gasteiger partial charge >= 0.3 is 0 Å². The molecule has 0 aliphatic carbocycles. The molecular weight excluding hydrogens is 326 g/mol. The summed E-state index contributed by atoms with van der Waals surface area (Å²) in [6.07, 6.45) is 0.581. The van der Waals surface area contributed by atoms with E-state index in [1.165, 1.54) is 5.56 Å². The fourth-order valence-corrected chi connectivity index (χ4v) is 2.79. The molecular formula is C18H28ClN3O2. The van der Waals surface area contributed by atoms with Gasteiger partial charge in [-0.1, -0.05) is 32.9 Å². The van der Waals surface area contributed by atoms with Crippen LogP contribution in [-0.2, 0) is 9.59 Å². The van der Waals surface area contributed by atoms with Crippen LogP contribution in [0.2, 0.25) is 0 Å². The Balaban J connectivity index is 0.00000288. The van der Waals surface area contributed by atoms with Gasteiger partial charge in [-0.05, 0) is 36.6 Å². The van der Waals surface area contributed by atoms with Crippen molar-refractivity contribution in [2.24, 2.45) is 5.92 Å². The second kappa shape index (κ2) is 9.64. The van der Waals surface area contributed by atoms with Gasteiger partial charge in [-0.3, -0.25) is 9.59 Å². The quantitative estimate of drug-likeness (QED) is 0.584. The third-order valence-corrected chi connectivity index (χ3v) is 4.24. The summed E-state index contributed by atoms with van der Waals surface area (Å²) in [5.41, 5.74) is 2.13. The lowest BCUT2D eigenvalue weighted by Gasteiger charge is -2.18. The van der Waals surface area contributed by atoms with Crippen molar-refractivity contribution in [2.75, 3.05) is 31.1 Å². The zero-order chi connectivity index (χ0) is 16.8. The minimum absolute atomic E-state index is 0. The Bertz CT molecular complexity index is 546. The van der Waals surface area contributed by atoms with Gasteiger partial charge in [0, 0.05) is 25.3 Å². The largest absolute Gasteiger partial charge is 0.354 e. The first-order chi connectivity index (χ1) is 11.0. The summed E-state index contributed by atoms with van der Waals surface area (Å²) >= 11 is 0. The van der Waals surface area contributed by atoms with Gasteiger partial charge in [0.2, 0.25) is 11.8 Å². The van der Waals surface area contributed by atoms with Crippen LogP contribution < -0.4 is 15.5 Å². The number of carbonyl (C=O) groups is 2. The van der Waals surface area contributed by atoms with Gasteiger partial charge in [0.1, 0.15) is 5.92 Å². The summed E-state index contributed by atoms with van der Waals surface area (Å²) in [6, 6.07) is 8.05. The molecule has 5 nitrogen and oxygen atoms in total. The van der Waals surface area contributed by atoms with Gasteiger partial charge in [0.15, 0.2) is 0 Å². The predicted molar refractivity (Wildman–Crippen MR) is 99.8 cm³/mol. The molecule has 6 heteroatoms. The lowest BCUT2D eigenvalue weighted by atomic mass is 10.0. The molecule has 0 radical (unpaired) electrons. The second-order valence-corrected chi connectivity index (χ2v) is 6.22. The van der Waals surface area contributed by atoms with Gasteiger partial charge in [0.25, 0.3) is 0 Å². The van der Waals surface area contributed by atoms with E-state index in [4.69, 9.17) is 0 Å². The van der Waals surface area contributed by atoms with Crippen LogP contribution in [0.25, 0.3) is 0 Å². The van der Waals surface area contributed by atoms with E-state index in [1.807, 2.05) is 19.1 Å². The molecule has 1 aliphatic heterocycles. The van der Waals surface area contributed by atoms with Crippen LogP contribution in [0.5, 0.6) is 0 Å². The van der Waals surface area contributed by atoms with Crippen LogP contribution in [0, 0.1) is 5.92 Å². The molecule has 2 amide bonds.